The maximum absolute atomic E-state index is 13.3. The first kappa shape index (κ1) is 20.6. The number of ether oxygens (including phenoxy) is 1. The van der Waals surface area contributed by atoms with Gasteiger partial charge in [0.2, 0.25) is 10.0 Å². The number of sulfonamides is 1. The Morgan fingerprint density at radius 1 is 1.00 bits per heavy atom. The van der Waals surface area contributed by atoms with Gasteiger partial charge in [-0.25, -0.2) is 31.9 Å². The lowest BCUT2D eigenvalue weighted by Gasteiger charge is -2.28. The smallest absolute Gasteiger partial charge is 0.317 e. The number of nitrogens with one attached hydrogen (secondary N) is 1. The molecule has 0 aliphatic heterocycles. The van der Waals surface area contributed by atoms with Crippen molar-refractivity contribution in [2.45, 2.75) is 57.4 Å². The van der Waals surface area contributed by atoms with Crippen LogP contribution >= 0.6 is 0 Å². The second-order valence-corrected chi connectivity index (χ2v) is 8.93. The fraction of sp³-hybridized carbons (Fsp3) is 0.474. The van der Waals surface area contributed by atoms with E-state index in [0.29, 0.717) is 37.8 Å². The second kappa shape index (κ2) is 8.48. The van der Waals surface area contributed by atoms with Crippen LogP contribution < -0.4 is 9.46 Å². The zero-order chi connectivity index (χ0) is 20.3. The lowest BCUT2D eigenvalue weighted by atomic mass is 9.94. The molecule has 1 heterocycles. The third-order valence-electron chi connectivity index (χ3n) is 4.53. The molecule has 28 heavy (non-hydrogen) atoms. The van der Waals surface area contributed by atoms with E-state index in [1.165, 1.54) is 0 Å². The normalized spacial score (nSPS) is 20.1. The predicted molar refractivity (Wildman–Crippen MR) is 100 cm³/mol. The van der Waals surface area contributed by atoms with Crippen molar-refractivity contribution in [2.24, 2.45) is 0 Å². The van der Waals surface area contributed by atoms with Crippen molar-refractivity contribution in [3.63, 3.8) is 0 Å². The Kier molecular flexibility index (Phi) is 6.24. The Morgan fingerprint density at radius 2 is 1.57 bits per heavy atom. The summed E-state index contributed by atoms with van der Waals surface area (Å²) in [6, 6.07) is 4.74. The molecular formula is C19H23F2N3O3S. The molecule has 0 atom stereocenters. The number of halogens is 2. The first-order chi connectivity index (χ1) is 13.2. The monoisotopic (exact) mass is 411 g/mol. The van der Waals surface area contributed by atoms with Crippen LogP contribution in [0.5, 0.6) is 6.01 Å². The second-order valence-electron chi connectivity index (χ2n) is 7.18. The van der Waals surface area contributed by atoms with Crippen LogP contribution in [0.4, 0.5) is 8.78 Å². The van der Waals surface area contributed by atoms with E-state index in [-0.39, 0.29) is 17.7 Å². The molecule has 1 fully saturated rings. The molecule has 6 nitrogen and oxygen atoms in total. The number of nitrogens with zero attached hydrogens (tertiary/aromatic N) is 2. The number of aryl methyl sites for hydroxylation is 2. The van der Waals surface area contributed by atoms with E-state index in [9.17, 15) is 17.2 Å². The van der Waals surface area contributed by atoms with Crippen LogP contribution in [0.3, 0.4) is 0 Å². The van der Waals surface area contributed by atoms with Crippen LogP contribution in [-0.2, 0) is 15.8 Å². The SMILES string of the molecule is Cc1cc(C)nc(OC2CCC(NS(=O)(=O)Cc3cc(F)cc(F)c3)CC2)n1. The van der Waals surface area contributed by atoms with Crippen LogP contribution in [-0.4, -0.2) is 30.5 Å². The number of hydrogen-bond acceptors (Lipinski definition) is 5. The summed E-state index contributed by atoms with van der Waals surface area (Å²) in [4.78, 5) is 8.52. The van der Waals surface area contributed by atoms with Crippen LogP contribution in [0.2, 0.25) is 0 Å². The Morgan fingerprint density at radius 3 is 2.14 bits per heavy atom. The van der Waals surface area contributed by atoms with Gasteiger partial charge in [-0.2, -0.15) is 0 Å². The average molecular weight is 411 g/mol. The molecule has 1 aromatic carbocycles. The van der Waals surface area contributed by atoms with Crippen LogP contribution in [0.15, 0.2) is 24.3 Å². The molecule has 0 unspecified atom stereocenters. The molecule has 1 N–H and O–H groups in total. The predicted octanol–water partition coefficient (Wildman–Crippen LogP) is 3.18. The maximum atomic E-state index is 13.3. The standard InChI is InChI=1S/C19H23F2N3O3S/c1-12-7-13(2)23-19(22-12)27-18-5-3-17(4-6-18)24-28(25,26)11-14-8-15(20)10-16(21)9-14/h7-10,17-18,24H,3-6,11H2,1-2H3. The lowest BCUT2D eigenvalue weighted by Crippen LogP contribution is -2.40. The summed E-state index contributed by atoms with van der Waals surface area (Å²) < 4.78 is 59.6. The molecule has 9 heteroatoms. The van der Waals surface area contributed by atoms with E-state index in [1.807, 2.05) is 19.9 Å². The van der Waals surface area contributed by atoms with Crippen LogP contribution in [0.25, 0.3) is 0 Å². The summed E-state index contributed by atoms with van der Waals surface area (Å²) in [5.74, 6) is -2.05. The van der Waals surface area contributed by atoms with E-state index >= 15 is 0 Å². The van der Waals surface area contributed by atoms with Gasteiger partial charge in [-0.3, -0.25) is 0 Å². The fourth-order valence-corrected chi connectivity index (χ4v) is 4.84. The Hall–Kier alpha value is -2.13. The van der Waals surface area contributed by atoms with E-state index in [4.69, 9.17) is 4.74 Å². The van der Waals surface area contributed by atoms with Gasteiger partial charge in [-0.1, -0.05) is 0 Å². The molecule has 1 aliphatic rings. The topological polar surface area (TPSA) is 81.2 Å². The van der Waals surface area contributed by atoms with E-state index in [1.54, 1.807) is 0 Å². The summed E-state index contributed by atoms with van der Waals surface area (Å²) in [6.45, 7) is 3.75. The number of aromatic nitrogens is 2. The molecule has 152 valence electrons. The van der Waals surface area contributed by atoms with Gasteiger partial charge < -0.3 is 4.74 Å². The highest BCUT2D eigenvalue weighted by Gasteiger charge is 2.26. The van der Waals surface area contributed by atoms with Gasteiger partial charge >= 0.3 is 6.01 Å². The summed E-state index contributed by atoms with van der Waals surface area (Å²) in [5, 5.41) is 0. The Balaban J connectivity index is 1.53. The minimum absolute atomic E-state index is 0.0701. The van der Waals surface area contributed by atoms with Crippen molar-refractivity contribution in [1.82, 2.24) is 14.7 Å². The van der Waals surface area contributed by atoms with E-state index < -0.39 is 27.4 Å². The summed E-state index contributed by atoms with van der Waals surface area (Å²) in [6.07, 6.45) is 2.47. The summed E-state index contributed by atoms with van der Waals surface area (Å²) >= 11 is 0. The molecule has 0 saturated heterocycles. The van der Waals surface area contributed by atoms with Gasteiger partial charge in [0.05, 0.1) is 5.75 Å². The van der Waals surface area contributed by atoms with Crippen molar-refractivity contribution in [1.29, 1.82) is 0 Å². The van der Waals surface area contributed by atoms with Crippen molar-refractivity contribution in [3.8, 4) is 6.01 Å². The third kappa shape index (κ3) is 5.93. The number of rotatable bonds is 6. The largest absolute Gasteiger partial charge is 0.460 e. The van der Waals surface area contributed by atoms with Crippen LogP contribution in [0, 0.1) is 25.5 Å². The fourth-order valence-electron chi connectivity index (χ4n) is 3.40. The van der Waals surface area contributed by atoms with Crippen LogP contribution in [0.1, 0.15) is 42.6 Å². The average Bonchev–Trinajstić information content (AvgIpc) is 2.54. The molecule has 0 amide bonds. The van der Waals surface area contributed by atoms with E-state index in [0.717, 1.165) is 23.5 Å². The zero-order valence-electron chi connectivity index (χ0n) is 15.8. The zero-order valence-corrected chi connectivity index (χ0v) is 16.6. The first-order valence-electron chi connectivity index (χ1n) is 9.12. The Bertz CT molecular complexity index is 905. The Labute approximate surface area is 163 Å². The summed E-state index contributed by atoms with van der Waals surface area (Å²) in [5.41, 5.74) is 1.74. The molecular weight excluding hydrogens is 388 g/mol. The van der Waals surface area contributed by atoms with E-state index in [2.05, 4.69) is 14.7 Å². The third-order valence-corrected chi connectivity index (χ3v) is 5.94. The van der Waals surface area contributed by atoms with Gasteiger partial charge in [-0.15, -0.1) is 0 Å². The van der Waals surface area contributed by atoms with Crippen molar-refractivity contribution in [2.75, 3.05) is 0 Å². The molecule has 2 aromatic rings. The molecule has 3 rings (SSSR count). The van der Waals surface area contributed by atoms with Gasteiger partial charge in [-0.05, 0) is 63.3 Å². The molecule has 1 saturated carbocycles. The molecule has 1 aliphatic carbocycles. The van der Waals surface area contributed by atoms with Crippen molar-refractivity contribution in [3.05, 3.63) is 52.9 Å². The molecule has 0 spiro atoms. The van der Waals surface area contributed by atoms with Crippen molar-refractivity contribution >= 4 is 10.0 Å². The highest BCUT2D eigenvalue weighted by atomic mass is 32.2. The molecule has 1 aromatic heterocycles. The maximum Gasteiger partial charge on any atom is 0.317 e. The van der Waals surface area contributed by atoms with Gasteiger partial charge in [0.25, 0.3) is 0 Å². The van der Waals surface area contributed by atoms with Gasteiger partial charge in [0.15, 0.2) is 0 Å². The number of hydrogen-bond donors (Lipinski definition) is 1. The highest BCUT2D eigenvalue weighted by Crippen LogP contribution is 2.23. The minimum Gasteiger partial charge on any atom is -0.460 e. The van der Waals surface area contributed by atoms with Gasteiger partial charge in [0, 0.05) is 23.5 Å². The quantitative estimate of drug-likeness (QED) is 0.790. The molecule has 0 bridgehead atoms. The van der Waals surface area contributed by atoms with Crippen molar-refractivity contribution < 1.29 is 21.9 Å². The highest BCUT2D eigenvalue weighted by molar-refractivity contribution is 7.88. The summed E-state index contributed by atoms with van der Waals surface area (Å²) in [7, 11) is -3.70. The minimum atomic E-state index is -3.70. The first-order valence-corrected chi connectivity index (χ1v) is 10.8. The van der Waals surface area contributed by atoms with Gasteiger partial charge in [0.1, 0.15) is 17.7 Å². The lowest BCUT2D eigenvalue weighted by molar-refractivity contribution is 0.131. The number of benzene rings is 1. The molecule has 0 radical (unpaired) electrons.